The van der Waals surface area contributed by atoms with Gasteiger partial charge in [0.15, 0.2) is 0 Å². The molecule has 0 bridgehead atoms. The van der Waals surface area contributed by atoms with Crippen molar-refractivity contribution in [2.24, 2.45) is 0 Å². The minimum Gasteiger partial charge on any atom is -0.377 e. The minimum absolute atomic E-state index is 0.434. The minimum atomic E-state index is 0.434. The summed E-state index contributed by atoms with van der Waals surface area (Å²) < 4.78 is 0. The Morgan fingerprint density at radius 3 is 2.74 bits per heavy atom. The summed E-state index contributed by atoms with van der Waals surface area (Å²) in [6, 6.07) is 13.9. The molecule has 1 atom stereocenters. The van der Waals surface area contributed by atoms with Crippen LogP contribution in [0.3, 0.4) is 0 Å². The molecule has 1 heterocycles. The second-order valence-corrected chi connectivity index (χ2v) is 5.57. The van der Waals surface area contributed by atoms with Gasteiger partial charge in [0, 0.05) is 5.69 Å². The zero-order valence-electron chi connectivity index (χ0n) is 12.0. The van der Waals surface area contributed by atoms with Crippen LogP contribution >= 0.6 is 0 Å². The van der Waals surface area contributed by atoms with Gasteiger partial charge >= 0.3 is 0 Å². The van der Waals surface area contributed by atoms with Crippen LogP contribution in [0.5, 0.6) is 0 Å². The Bertz CT molecular complexity index is 613. The quantitative estimate of drug-likeness (QED) is 0.824. The van der Waals surface area contributed by atoms with Crippen LogP contribution < -0.4 is 5.32 Å². The summed E-state index contributed by atoms with van der Waals surface area (Å²) >= 11 is 0. The number of hydrogen-bond donors (Lipinski definition) is 1. The molecule has 0 amide bonds. The molecular weight excluding hydrogens is 230 g/mol. The molecule has 19 heavy (non-hydrogen) atoms. The van der Waals surface area contributed by atoms with Gasteiger partial charge in [0.2, 0.25) is 0 Å². The number of anilines is 1. The summed E-state index contributed by atoms with van der Waals surface area (Å²) in [4.78, 5) is 0. The van der Waals surface area contributed by atoms with E-state index >= 15 is 0 Å². The average Bonchev–Trinajstić information content (AvgIpc) is 2.81. The maximum absolute atomic E-state index is 3.73. The van der Waals surface area contributed by atoms with Crippen molar-refractivity contribution in [1.29, 1.82) is 0 Å². The van der Waals surface area contributed by atoms with Crippen molar-refractivity contribution in [2.75, 3.05) is 5.32 Å². The van der Waals surface area contributed by atoms with E-state index in [1.54, 1.807) is 0 Å². The van der Waals surface area contributed by atoms with Gasteiger partial charge in [-0.3, -0.25) is 0 Å². The van der Waals surface area contributed by atoms with Crippen molar-refractivity contribution in [3.05, 3.63) is 64.2 Å². The fourth-order valence-electron chi connectivity index (χ4n) is 3.15. The Labute approximate surface area is 115 Å². The lowest BCUT2D eigenvalue weighted by Crippen LogP contribution is -2.08. The molecule has 1 aliphatic rings. The summed E-state index contributed by atoms with van der Waals surface area (Å²) in [7, 11) is 0. The highest BCUT2D eigenvalue weighted by atomic mass is 15.0. The van der Waals surface area contributed by atoms with Crippen LogP contribution in [0.1, 0.15) is 40.8 Å². The molecule has 0 fully saturated rings. The molecule has 2 aromatic carbocycles. The van der Waals surface area contributed by atoms with Crippen LogP contribution in [0, 0.1) is 13.8 Å². The summed E-state index contributed by atoms with van der Waals surface area (Å²) in [6.45, 7) is 6.60. The molecule has 0 aliphatic carbocycles. The predicted molar refractivity (Wildman–Crippen MR) is 81.8 cm³/mol. The molecule has 0 radical (unpaired) electrons. The molecule has 1 N–H and O–H groups in total. The maximum atomic E-state index is 3.73. The van der Waals surface area contributed by atoms with Gasteiger partial charge in [0.05, 0.1) is 6.04 Å². The highest BCUT2D eigenvalue weighted by molar-refractivity contribution is 5.63. The van der Waals surface area contributed by atoms with Crippen molar-refractivity contribution < 1.29 is 0 Å². The molecular formula is C18H21N. The van der Waals surface area contributed by atoms with Crippen molar-refractivity contribution in [3.63, 3.8) is 0 Å². The fourth-order valence-corrected chi connectivity index (χ4v) is 3.15. The van der Waals surface area contributed by atoms with E-state index in [1.165, 1.54) is 33.5 Å². The highest BCUT2D eigenvalue weighted by Gasteiger charge is 2.24. The Kier molecular flexibility index (Phi) is 3.06. The van der Waals surface area contributed by atoms with Crippen LogP contribution in [0.25, 0.3) is 0 Å². The Morgan fingerprint density at radius 2 is 2.00 bits per heavy atom. The molecule has 1 aliphatic heterocycles. The van der Waals surface area contributed by atoms with Gasteiger partial charge in [-0.05, 0) is 48.9 Å². The molecule has 0 spiro atoms. The molecule has 0 saturated heterocycles. The van der Waals surface area contributed by atoms with E-state index in [0.717, 1.165) is 12.8 Å². The number of para-hydroxylation sites is 1. The maximum Gasteiger partial charge on any atom is 0.0557 e. The van der Waals surface area contributed by atoms with Gasteiger partial charge in [-0.2, -0.15) is 0 Å². The SMILES string of the molecule is CCc1cccc2c1NC(c1ccc(C)cc1C)C2. The molecule has 1 nitrogen and oxygen atoms in total. The molecule has 2 aromatic rings. The topological polar surface area (TPSA) is 12.0 Å². The van der Waals surface area contributed by atoms with Crippen LogP contribution in [0.4, 0.5) is 5.69 Å². The van der Waals surface area contributed by atoms with Gasteiger partial charge in [0.25, 0.3) is 0 Å². The standard InChI is InChI=1S/C18H21N/c1-4-14-6-5-7-15-11-17(19-18(14)15)16-9-8-12(2)10-13(16)3/h5-10,17,19H,4,11H2,1-3H3. The number of rotatable bonds is 2. The lowest BCUT2D eigenvalue weighted by Gasteiger charge is -2.16. The first kappa shape index (κ1) is 12.3. The third-order valence-electron chi connectivity index (χ3n) is 4.16. The molecule has 3 rings (SSSR count). The zero-order valence-corrected chi connectivity index (χ0v) is 12.0. The lowest BCUT2D eigenvalue weighted by atomic mass is 9.97. The van der Waals surface area contributed by atoms with Crippen molar-refractivity contribution in [2.45, 2.75) is 39.7 Å². The summed E-state index contributed by atoms with van der Waals surface area (Å²) in [5.41, 5.74) is 8.43. The first-order valence-electron chi connectivity index (χ1n) is 7.13. The molecule has 0 aromatic heterocycles. The number of fused-ring (bicyclic) bond motifs is 1. The molecule has 1 heteroatoms. The third kappa shape index (κ3) is 2.14. The monoisotopic (exact) mass is 251 g/mol. The smallest absolute Gasteiger partial charge is 0.0557 e. The molecule has 0 saturated carbocycles. The Hall–Kier alpha value is -1.76. The van der Waals surface area contributed by atoms with Gasteiger partial charge in [-0.25, -0.2) is 0 Å². The fraction of sp³-hybridized carbons (Fsp3) is 0.333. The number of hydrogen-bond acceptors (Lipinski definition) is 1. The second-order valence-electron chi connectivity index (χ2n) is 5.57. The zero-order chi connectivity index (χ0) is 13.4. The summed E-state index contributed by atoms with van der Waals surface area (Å²) in [6.07, 6.45) is 2.20. The Balaban J connectivity index is 1.95. The average molecular weight is 251 g/mol. The van der Waals surface area contributed by atoms with E-state index in [9.17, 15) is 0 Å². The van der Waals surface area contributed by atoms with Crippen LogP contribution in [0.2, 0.25) is 0 Å². The van der Waals surface area contributed by atoms with Gasteiger partial charge in [-0.1, -0.05) is 48.9 Å². The third-order valence-corrected chi connectivity index (χ3v) is 4.16. The van der Waals surface area contributed by atoms with E-state index in [-0.39, 0.29) is 0 Å². The van der Waals surface area contributed by atoms with Crippen LogP contribution in [-0.2, 0) is 12.8 Å². The first-order chi connectivity index (χ1) is 9.19. The lowest BCUT2D eigenvalue weighted by molar-refractivity contribution is 0.815. The van der Waals surface area contributed by atoms with Gasteiger partial charge < -0.3 is 5.32 Å². The number of nitrogens with one attached hydrogen (secondary N) is 1. The first-order valence-corrected chi connectivity index (χ1v) is 7.13. The van der Waals surface area contributed by atoms with Crippen molar-refractivity contribution >= 4 is 5.69 Å². The number of aryl methyl sites for hydroxylation is 3. The van der Waals surface area contributed by atoms with E-state index in [4.69, 9.17) is 0 Å². The van der Waals surface area contributed by atoms with Gasteiger partial charge in [-0.15, -0.1) is 0 Å². The van der Waals surface area contributed by atoms with Crippen LogP contribution in [0.15, 0.2) is 36.4 Å². The predicted octanol–water partition coefficient (Wildman–Crippen LogP) is 4.58. The largest absolute Gasteiger partial charge is 0.377 e. The molecule has 98 valence electrons. The highest BCUT2D eigenvalue weighted by Crippen LogP contribution is 2.37. The molecule has 1 unspecified atom stereocenters. The van der Waals surface area contributed by atoms with Gasteiger partial charge in [0.1, 0.15) is 0 Å². The summed E-state index contributed by atoms with van der Waals surface area (Å²) in [5, 5.41) is 3.73. The number of benzene rings is 2. The van der Waals surface area contributed by atoms with E-state index in [1.807, 2.05) is 0 Å². The second kappa shape index (κ2) is 4.73. The van der Waals surface area contributed by atoms with E-state index in [0.29, 0.717) is 6.04 Å². The van der Waals surface area contributed by atoms with E-state index < -0.39 is 0 Å². The van der Waals surface area contributed by atoms with Crippen molar-refractivity contribution in [1.82, 2.24) is 0 Å². The van der Waals surface area contributed by atoms with E-state index in [2.05, 4.69) is 62.5 Å². The normalized spacial score (nSPS) is 17.1. The summed E-state index contributed by atoms with van der Waals surface area (Å²) in [5.74, 6) is 0. The van der Waals surface area contributed by atoms with Crippen molar-refractivity contribution in [3.8, 4) is 0 Å². The van der Waals surface area contributed by atoms with Crippen LogP contribution in [-0.4, -0.2) is 0 Å². The Morgan fingerprint density at radius 1 is 1.16 bits per heavy atom.